The van der Waals surface area contributed by atoms with E-state index < -0.39 is 48.9 Å². The van der Waals surface area contributed by atoms with Crippen molar-refractivity contribution in [3.05, 3.63) is 35.9 Å². The summed E-state index contributed by atoms with van der Waals surface area (Å²) < 4.78 is 5.12. The molecule has 2 aliphatic heterocycles. The van der Waals surface area contributed by atoms with Crippen molar-refractivity contribution in [1.82, 2.24) is 20.4 Å². The van der Waals surface area contributed by atoms with Gasteiger partial charge in [0.2, 0.25) is 11.8 Å². The van der Waals surface area contributed by atoms with Crippen LogP contribution in [0.3, 0.4) is 0 Å². The fourth-order valence-corrected chi connectivity index (χ4v) is 4.26. The van der Waals surface area contributed by atoms with Gasteiger partial charge in [-0.2, -0.15) is 0 Å². The number of guanidine groups is 1. The molecule has 2 saturated heterocycles. The van der Waals surface area contributed by atoms with Gasteiger partial charge >= 0.3 is 6.09 Å². The number of carbonyl (C=O) groups excluding carboxylic acids is 3. The van der Waals surface area contributed by atoms with Crippen molar-refractivity contribution in [2.75, 3.05) is 19.7 Å². The number of hydrogen-bond donors (Lipinski definition) is 6. The number of alkyl carbamates (subject to hydrolysis) is 1. The van der Waals surface area contributed by atoms with E-state index in [1.807, 2.05) is 6.07 Å². The second-order valence-electron chi connectivity index (χ2n) is 8.38. The van der Waals surface area contributed by atoms with Crippen LogP contribution in [0.2, 0.25) is 0 Å². The molecule has 3 rings (SSSR count). The molecule has 1 aromatic carbocycles. The van der Waals surface area contributed by atoms with Gasteiger partial charge in [-0.1, -0.05) is 30.3 Å². The molecule has 4 unspecified atom stereocenters. The number of hydrogen-bond acceptors (Lipinski definition) is 7. The number of likely N-dealkylation sites (tertiary alicyclic amines) is 2. The highest BCUT2D eigenvalue weighted by Crippen LogP contribution is 2.21. The summed E-state index contributed by atoms with van der Waals surface area (Å²) in [7, 11) is 0. The Bertz CT molecular complexity index is 884. The maximum atomic E-state index is 13.0. The summed E-state index contributed by atoms with van der Waals surface area (Å²) in [5.41, 5.74) is 6.26. The number of amides is 3. The molecule has 0 aromatic heterocycles. The Hall–Kier alpha value is -3.38. The Balaban J connectivity index is 1.56. The molecule has 2 heterocycles. The van der Waals surface area contributed by atoms with Gasteiger partial charge in [-0.3, -0.25) is 15.0 Å². The van der Waals surface area contributed by atoms with Gasteiger partial charge in [0.25, 0.3) is 0 Å². The number of nitrogens with one attached hydrogen (secondary N) is 3. The van der Waals surface area contributed by atoms with E-state index in [-0.39, 0.29) is 12.6 Å². The van der Waals surface area contributed by atoms with Crippen LogP contribution in [0.15, 0.2) is 30.3 Å². The maximum absolute atomic E-state index is 13.0. The average molecular weight is 477 g/mol. The summed E-state index contributed by atoms with van der Waals surface area (Å²) in [6.45, 7) is 0.0653. The zero-order valence-corrected chi connectivity index (χ0v) is 18.9. The van der Waals surface area contributed by atoms with E-state index in [0.29, 0.717) is 38.8 Å². The zero-order valence-electron chi connectivity index (χ0n) is 18.9. The maximum Gasteiger partial charge on any atom is 0.408 e. The topological polar surface area (TPSA) is 181 Å². The van der Waals surface area contributed by atoms with Gasteiger partial charge in [0, 0.05) is 13.1 Å². The van der Waals surface area contributed by atoms with Crippen LogP contribution in [0.25, 0.3) is 0 Å². The number of rotatable bonds is 7. The van der Waals surface area contributed by atoms with E-state index in [4.69, 9.17) is 15.9 Å². The minimum atomic E-state index is -1.26. The standard InChI is InChI=1S/C22H32N6O6/c23-21(24)28-11-4-8-15(19(28)31)25-18(30)17-9-5-10-27(17)20(32)16(12-29)26-22(33)34-13-14-6-2-1-3-7-14/h1-3,6-7,15-17,19,29,31H,4-5,8-13H2,(H3,23,24)(H,25,30)(H,26,33). The van der Waals surface area contributed by atoms with Crippen molar-refractivity contribution in [2.24, 2.45) is 5.73 Å². The second-order valence-corrected chi connectivity index (χ2v) is 8.38. The largest absolute Gasteiger partial charge is 0.445 e. The first-order chi connectivity index (χ1) is 16.3. The summed E-state index contributed by atoms with van der Waals surface area (Å²) in [5.74, 6) is -1.31. The van der Waals surface area contributed by atoms with E-state index in [0.717, 1.165) is 5.56 Å². The number of ether oxygens (including phenoxy) is 1. The first kappa shape index (κ1) is 25.2. The Kier molecular flexibility index (Phi) is 8.66. The molecule has 1 aromatic rings. The Morgan fingerprint density at radius 2 is 1.82 bits per heavy atom. The van der Waals surface area contributed by atoms with Crippen LogP contribution in [0.4, 0.5) is 4.79 Å². The molecular formula is C22H32N6O6. The van der Waals surface area contributed by atoms with Crippen LogP contribution in [0, 0.1) is 5.41 Å². The third-order valence-corrected chi connectivity index (χ3v) is 6.05. The molecule has 12 nitrogen and oxygen atoms in total. The van der Waals surface area contributed by atoms with Gasteiger partial charge in [-0.15, -0.1) is 0 Å². The first-order valence-electron chi connectivity index (χ1n) is 11.3. The van der Waals surface area contributed by atoms with Crippen LogP contribution in [0.1, 0.15) is 31.2 Å². The number of aliphatic hydroxyl groups is 2. The van der Waals surface area contributed by atoms with Crippen molar-refractivity contribution >= 4 is 23.9 Å². The number of aliphatic hydroxyl groups excluding tert-OH is 2. The summed E-state index contributed by atoms with van der Waals surface area (Å²) >= 11 is 0. The van der Waals surface area contributed by atoms with Gasteiger partial charge in [0.1, 0.15) is 24.9 Å². The molecule has 7 N–H and O–H groups in total. The molecule has 0 radical (unpaired) electrons. The van der Waals surface area contributed by atoms with Crippen molar-refractivity contribution in [2.45, 2.75) is 56.6 Å². The fourth-order valence-electron chi connectivity index (χ4n) is 4.26. The Labute approximate surface area is 197 Å². The lowest BCUT2D eigenvalue weighted by Gasteiger charge is -2.39. The minimum absolute atomic E-state index is 0.00868. The highest BCUT2D eigenvalue weighted by atomic mass is 16.5. The number of piperidine rings is 1. The molecule has 0 saturated carbocycles. The van der Waals surface area contributed by atoms with E-state index in [1.165, 1.54) is 9.80 Å². The highest BCUT2D eigenvalue weighted by Gasteiger charge is 2.40. The van der Waals surface area contributed by atoms with E-state index in [1.54, 1.807) is 24.3 Å². The van der Waals surface area contributed by atoms with Gasteiger partial charge in [-0.25, -0.2) is 4.79 Å². The Morgan fingerprint density at radius 1 is 1.15 bits per heavy atom. The summed E-state index contributed by atoms with van der Waals surface area (Å²) in [4.78, 5) is 40.7. The average Bonchev–Trinajstić information content (AvgIpc) is 3.33. The van der Waals surface area contributed by atoms with Crippen molar-refractivity contribution < 1.29 is 29.3 Å². The molecule has 2 aliphatic rings. The zero-order chi connectivity index (χ0) is 24.7. The van der Waals surface area contributed by atoms with Gasteiger partial charge in [0.05, 0.1) is 12.6 Å². The van der Waals surface area contributed by atoms with Gasteiger partial charge < -0.3 is 41.1 Å². The second kappa shape index (κ2) is 11.7. The number of benzene rings is 1. The van der Waals surface area contributed by atoms with Crippen LogP contribution in [0.5, 0.6) is 0 Å². The lowest BCUT2D eigenvalue weighted by Crippen LogP contribution is -2.61. The normalized spacial score (nSPS) is 23.2. The fraction of sp³-hybridized carbons (Fsp3) is 0.545. The van der Waals surface area contributed by atoms with Crippen molar-refractivity contribution in [1.29, 1.82) is 5.41 Å². The summed E-state index contributed by atoms with van der Waals surface area (Å²) in [6, 6.07) is 6.32. The third-order valence-electron chi connectivity index (χ3n) is 6.05. The highest BCUT2D eigenvalue weighted by molar-refractivity contribution is 5.92. The van der Waals surface area contributed by atoms with Gasteiger partial charge in [-0.05, 0) is 31.2 Å². The van der Waals surface area contributed by atoms with Crippen LogP contribution in [-0.4, -0.2) is 87.9 Å². The van der Waals surface area contributed by atoms with E-state index >= 15 is 0 Å². The lowest BCUT2D eigenvalue weighted by molar-refractivity contribution is -0.141. The summed E-state index contributed by atoms with van der Waals surface area (Å²) in [6.07, 6.45) is 0.140. The third kappa shape index (κ3) is 6.14. The quantitative estimate of drug-likeness (QED) is 0.215. The van der Waals surface area contributed by atoms with Gasteiger partial charge in [0.15, 0.2) is 5.96 Å². The minimum Gasteiger partial charge on any atom is -0.445 e. The lowest BCUT2D eigenvalue weighted by atomic mass is 10.0. The Morgan fingerprint density at radius 3 is 2.50 bits per heavy atom. The molecule has 2 fully saturated rings. The molecule has 3 amide bonds. The smallest absolute Gasteiger partial charge is 0.408 e. The monoisotopic (exact) mass is 476 g/mol. The summed E-state index contributed by atoms with van der Waals surface area (Å²) in [5, 5.41) is 32.8. The van der Waals surface area contributed by atoms with Crippen molar-refractivity contribution in [3.63, 3.8) is 0 Å². The predicted octanol–water partition coefficient (Wildman–Crippen LogP) is -0.943. The molecule has 12 heteroatoms. The molecule has 0 aliphatic carbocycles. The van der Waals surface area contributed by atoms with Crippen LogP contribution in [-0.2, 0) is 20.9 Å². The SMILES string of the molecule is N=C(N)N1CCCC(NC(=O)C2CCCN2C(=O)C(CO)NC(=O)OCc2ccccc2)C1O. The molecule has 4 atom stereocenters. The van der Waals surface area contributed by atoms with Crippen molar-refractivity contribution in [3.8, 4) is 0 Å². The van der Waals surface area contributed by atoms with E-state index in [2.05, 4.69) is 10.6 Å². The van der Waals surface area contributed by atoms with Crippen LogP contribution < -0.4 is 16.4 Å². The number of nitrogens with two attached hydrogens (primary N) is 1. The molecule has 186 valence electrons. The molecule has 0 spiro atoms. The molecule has 34 heavy (non-hydrogen) atoms. The number of nitrogens with zero attached hydrogens (tertiary/aromatic N) is 2. The van der Waals surface area contributed by atoms with E-state index in [9.17, 15) is 24.6 Å². The first-order valence-corrected chi connectivity index (χ1v) is 11.3. The van der Waals surface area contributed by atoms with Crippen LogP contribution >= 0.6 is 0 Å². The number of carbonyl (C=O) groups is 3. The molecule has 0 bridgehead atoms. The molecular weight excluding hydrogens is 444 g/mol. The predicted molar refractivity (Wildman–Crippen MR) is 121 cm³/mol.